The molecule has 2 aromatic rings. The third kappa shape index (κ3) is 1.29. The summed E-state index contributed by atoms with van der Waals surface area (Å²) in [6.45, 7) is -0.415. The van der Waals surface area contributed by atoms with Crippen molar-refractivity contribution in [2.75, 3.05) is 6.61 Å². The molecule has 3 N–H and O–H groups in total. The van der Waals surface area contributed by atoms with E-state index in [0.29, 0.717) is 16.5 Å². The normalized spacial score (nSPS) is 13.4. The highest BCUT2D eigenvalue weighted by atomic mass is 19.1. The Kier molecular flexibility index (Phi) is 2.23. The number of hydrogen-bond acceptors (Lipinski definition) is 2. The van der Waals surface area contributed by atoms with Crippen LogP contribution in [0.15, 0.2) is 24.4 Å². The van der Waals surface area contributed by atoms with Gasteiger partial charge in [-0.05, 0) is 12.1 Å². The van der Waals surface area contributed by atoms with E-state index in [-0.39, 0.29) is 0 Å². The third-order valence-electron chi connectivity index (χ3n) is 2.22. The van der Waals surface area contributed by atoms with E-state index < -0.39 is 18.5 Å². The molecule has 3 nitrogen and oxygen atoms in total. The summed E-state index contributed by atoms with van der Waals surface area (Å²) < 4.78 is 13.4. The molecule has 0 spiro atoms. The molecule has 14 heavy (non-hydrogen) atoms. The van der Waals surface area contributed by atoms with Crippen LogP contribution in [-0.4, -0.2) is 21.8 Å². The number of aromatic amines is 1. The smallest absolute Gasteiger partial charge is 0.132 e. The summed E-state index contributed by atoms with van der Waals surface area (Å²) in [5, 5.41) is 18.5. The number of aliphatic hydroxyl groups is 2. The number of halogens is 1. The van der Waals surface area contributed by atoms with Crippen molar-refractivity contribution in [1.82, 2.24) is 4.98 Å². The number of H-pyrrole nitrogens is 1. The van der Waals surface area contributed by atoms with Crippen molar-refractivity contribution in [2.45, 2.75) is 6.10 Å². The van der Waals surface area contributed by atoms with E-state index in [1.807, 2.05) is 0 Å². The molecular weight excluding hydrogens is 185 g/mol. The summed E-state index contributed by atoms with van der Waals surface area (Å²) in [6, 6.07) is 4.62. The molecule has 4 heteroatoms. The quantitative estimate of drug-likeness (QED) is 0.677. The summed E-state index contributed by atoms with van der Waals surface area (Å²) >= 11 is 0. The van der Waals surface area contributed by atoms with Crippen LogP contribution in [0.25, 0.3) is 10.9 Å². The molecule has 2 rings (SSSR count). The lowest BCUT2D eigenvalue weighted by Gasteiger charge is -2.05. The van der Waals surface area contributed by atoms with Crippen molar-refractivity contribution in [3.63, 3.8) is 0 Å². The van der Waals surface area contributed by atoms with Crippen LogP contribution in [0, 0.1) is 5.82 Å². The minimum atomic E-state index is -1.04. The van der Waals surface area contributed by atoms with Gasteiger partial charge in [-0.2, -0.15) is 0 Å². The van der Waals surface area contributed by atoms with Crippen molar-refractivity contribution < 1.29 is 14.6 Å². The van der Waals surface area contributed by atoms with Gasteiger partial charge < -0.3 is 15.2 Å². The Hall–Kier alpha value is -1.39. The monoisotopic (exact) mass is 195 g/mol. The van der Waals surface area contributed by atoms with Crippen LogP contribution < -0.4 is 0 Å². The molecule has 74 valence electrons. The summed E-state index contributed by atoms with van der Waals surface area (Å²) in [5.74, 6) is -0.397. The van der Waals surface area contributed by atoms with Crippen LogP contribution >= 0.6 is 0 Å². The molecule has 1 heterocycles. The summed E-state index contributed by atoms with van der Waals surface area (Å²) in [7, 11) is 0. The van der Waals surface area contributed by atoms with Gasteiger partial charge in [-0.3, -0.25) is 0 Å². The first-order valence-electron chi connectivity index (χ1n) is 4.28. The van der Waals surface area contributed by atoms with E-state index in [4.69, 9.17) is 5.11 Å². The first kappa shape index (κ1) is 9.18. The number of aromatic nitrogens is 1. The lowest BCUT2D eigenvalue weighted by molar-refractivity contribution is 0.0966. The highest BCUT2D eigenvalue weighted by molar-refractivity contribution is 5.84. The molecule has 0 aliphatic carbocycles. The molecule has 0 bridgehead atoms. The zero-order chi connectivity index (χ0) is 10.1. The largest absolute Gasteiger partial charge is 0.393 e. The second kappa shape index (κ2) is 3.40. The first-order chi connectivity index (χ1) is 6.74. The maximum absolute atomic E-state index is 13.4. The summed E-state index contributed by atoms with van der Waals surface area (Å²) in [5.41, 5.74) is 1.01. The van der Waals surface area contributed by atoms with Gasteiger partial charge in [-0.15, -0.1) is 0 Å². The molecule has 0 fully saturated rings. The number of hydrogen-bond donors (Lipinski definition) is 3. The summed E-state index contributed by atoms with van der Waals surface area (Å²) in [4.78, 5) is 2.83. The van der Waals surface area contributed by atoms with Crippen LogP contribution in [-0.2, 0) is 0 Å². The summed E-state index contributed by atoms with van der Waals surface area (Å²) in [6.07, 6.45) is 0.467. The Morgan fingerprint density at radius 2 is 2.21 bits per heavy atom. The van der Waals surface area contributed by atoms with Gasteiger partial charge in [0.15, 0.2) is 0 Å². The number of fused-ring (bicyclic) bond motifs is 1. The predicted octanol–water partition coefficient (Wildman–Crippen LogP) is 1.33. The molecule has 0 aliphatic heterocycles. The van der Waals surface area contributed by atoms with Crippen LogP contribution in [0.5, 0.6) is 0 Å². The van der Waals surface area contributed by atoms with Crippen molar-refractivity contribution in [3.05, 3.63) is 35.8 Å². The fourth-order valence-corrected chi connectivity index (χ4v) is 1.53. The third-order valence-corrected chi connectivity index (χ3v) is 2.22. The fraction of sp³-hybridized carbons (Fsp3) is 0.200. The van der Waals surface area contributed by atoms with Crippen molar-refractivity contribution in [1.29, 1.82) is 0 Å². The van der Waals surface area contributed by atoms with Gasteiger partial charge in [0.1, 0.15) is 11.9 Å². The maximum atomic E-state index is 13.4. The van der Waals surface area contributed by atoms with Gasteiger partial charge in [0.25, 0.3) is 0 Å². The SMILES string of the molecule is OCC(O)c1c[nH]c2cccc(F)c12. The maximum Gasteiger partial charge on any atom is 0.132 e. The zero-order valence-electron chi connectivity index (χ0n) is 7.37. The second-order valence-electron chi connectivity index (χ2n) is 3.10. The number of nitrogens with one attached hydrogen (secondary N) is 1. The van der Waals surface area contributed by atoms with Crippen LogP contribution in [0.2, 0.25) is 0 Å². The molecule has 1 atom stereocenters. The molecule has 1 aromatic carbocycles. The van der Waals surface area contributed by atoms with E-state index >= 15 is 0 Å². The fourth-order valence-electron chi connectivity index (χ4n) is 1.53. The Morgan fingerprint density at radius 3 is 2.93 bits per heavy atom. The van der Waals surface area contributed by atoms with Crippen molar-refractivity contribution in [3.8, 4) is 0 Å². The van der Waals surface area contributed by atoms with Gasteiger partial charge in [-0.1, -0.05) is 6.07 Å². The predicted molar refractivity (Wildman–Crippen MR) is 50.3 cm³/mol. The van der Waals surface area contributed by atoms with Crippen molar-refractivity contribution >= 4 is 10.9 Å². The standard InChI is InChI=1S/C10H10FNO2/c11-7-2-1-3-8-10(7)6(4-12-8)9(14)5-13/h1-4,9,12-14H,5H2. The van der Waals surface area contributed by atoms with Crippen LogP contribution in [0.1, 0.15) is 11.7 Å². The Balaban J connectivity index is 2.67. The van der Waals surface area contributed by atoms with E-state index in [9.17, 15) is 9.50 Å². The van der Waals surface area contributed by atoms with Gasteiger partial charge in [0, 0.05) is 22.7 Å². The Labute approximate surface area is 79.8 Å². The second-order valence-corrected chi connectivity index (χ2v) is 3.10. The van der Waals surface area contributed by atoms with E-state index in [0.717, 1.165) is 0 Å². The van der Waals surface area contributed by atoms with E-state index in [2.05, 4.69) is 4.98 Å². The van der Waals surface area contributed by atoms with Gasteiger partial charge in [0.2, 0.25) is 0 Å². The van der Waals surface area contributed by atoms with Crippen molar-refractivity contribution in [2.24, 2.45) is 0 Å². The molecular formula is C10H10FNO2. The van der Waals surface area contributed by atoms with E-state index in [1.165, 1.54) is 12.3 Å². The number of aliphatic hydroxyl groups excluding tert-OH is 2. The molecule has 0 radical (unpaired) electrons. The van der Waals surface area contributed by atoms with E-state index in [1.54, 1.807) is 12.1 Å². The molecule has 1 aromatic heterocycles. The Bertz CT molecular complexity index is 452. The van der Waals surface area contributed by atoms with Crippen LogP contribution in [0.3, 0.4) is 0 Å². The average Bonchev–Trinajstić information content (AvgIpc) is 2.62. The average molecular weight is 195 g/mol. The highest BCUT2D eigenvalue weighted by Crippen LogP contribution is 2.26. The lowest BCUT2D eigenvalue weighted by Crippen LogP contribution is -2.01. The molecule has 0 amide bonds. The molecule has 0 aliphatic rings. The van der Waals surface area contributed by atoms with Crippen LogP contribution in [0.4, 0.5) is 4.39 Å². The van der Waals surface area contributed by atoms with Gasteiger partial charge in [-0.25, -0.2) is 4.39 Å². The minimum absolute atomic E-state index is 0.342. The van der Waals surface area contributed by atoms with Gasteiger partial charge >= 0.3 is 0 Å². The first-order valence-corrected chi connectivity index (χ1v) is 4.28. The lowest BCUT2D eigenvalue weighted by atomic mass is 10.1. The minimum Gasteiger partial charge on any atom is -0.393 e. The number of benzene rings is 1. The highest BCUT2D eigenvalue weighted by Gasteiger charge is 2.14. The van der Waals surface area contributed by atoms with Gasteiger partial charge in [0.05, 0.1) is 6.61 Å². The topological polar surface area (TPSA) is 56.2 Å². The molecule has 1 unspecified atom stereocenters. The Morgan fingerprint density at radius 1 is 1.43 bits per heavy atom. The molecule has 0 saturated carbocycles. The molecule has 0 saturated heterocycles. The number of rotatable bonds is 2. The zero-order valence-corrected chi connectivity index (χ0v) is 7.37.